The first kappa shape index (κ1) is 20.4. The van der Waals surface area contributed by atoms with Crippen molar-refractivity contribution in [1.82, 2.24) is 15.1 Å². The van der Waals surface area contributed by atoms with E-state index < -0.39 is 12.1 Å². The number of aryl methyl sites for hydroxylation is 2. The number of rotatable bonds is 6. The highest BCUT2D eigenvalue weighted by Crippen LogP contribution is 2.23. The van der Waals surface area contributed by atoms with E-state index in [1.807, 2.05) is 31.2 Å². The zero-order valence-electron chi connectivity index (χ0n) is 16.5. The highest BCUT2D eigenvalue weighted by Gasteiger charge is 2.27. The third-order valence-corrected chi connectivity index (χ3v) is 5.46. The van der Waals surface area contributed by atoms with E-state index in [1.165, 1.54) is 5.56 Å². The van der Waals surface area contributed by atoms with E-state index in [4.69, 9.17) is 16.3 Å². The summed E-state index contributed by atoms with van der Waals surface area (Å²) >= 11 is 6.41. The first-order chi connectivity index (χ1) is 13.3. The maximum atomic E-state index is 12.6. The first-order valence-electron chi connectivity index (χ1n) is 9.65. The van der Waals surface area contributed by atoms with Crippen molar-refractivity contribution in [2.24, 2.45) is 0 Å². The molecule has 1 aromatic heterocycles. The van der Waals surface area contributed by atoms with Gasteiger partial charge in [0.05, 0.1) is 12.2 Å². The molecule has 1 aromatic carbocycles. The molecule has 0 bridgehead atoms. The minimum atomic E-state index is -0.885. The summed E-state index contributed by atoms with van der Waals surface area (Å²) in [6, 6.07) is 8.20. The van der Waals surface area contributed by atoms with Gasteiger partial charge in [-0.2, -0.15) is 5.10 Å². The molecule has 1 unspecified atom stereocenters. The van der Waals surface area contributed by atoms with Crippen LogP contribution in [0.3, 0.4) is 0 Å². The van der Waals surface area contributed by atoms with Gasteiger partial charge >= 0.3 is 5.97 Å². The predicted octanol–water partition coefficient (Wildman–Crippen LogP) is 3.81. The van der Waals surface area contributed by atoms with Gasteiger partial charge in [0.15, 0.2) is 6.10 Å². The molecule has 7 heteroatoms. The number of ether oxygens (including phenoxy) is 1. The zero-order valence-corrected chi connectivity index (χ0v) is 17.3. The molecule has 0 spiro atoms. The van der Waals surface area contributed by atoms with Crippen LogP contribution in [0.1, 0.15) is 59.8 Å². The zero-order chi connectivity index (χ0) is 20.3. The van der Waals surface area contributed by atoms with Crippen LogP contribution < -0.4 is 5.32 Å². The number of benzene rings is 1. The second-order valence-electron chi connectivity index (χ2n) is 7.43. The van der Waals surface area contributed by atoms with E-state index in [1.54, 1.807) is 18.5 Å². The fourth-order valence-corrected chi connectivity index (χ4v) is 3.73. The van der Waals surface area contributed by atoms with Crippen LogP contribution in [-0.2, 0) is 16.1 Å². The average Bonchev–Trinajstić information content (AvgIpc) is 3.25. The monoisotopic (exact) mass is 403 g/mol. The average molecular weight is 404 g/mol. The topological polar surface area (TPSA) is 73.2 Å². The number of amides is 1. The number of hydrogen-bond donors (Lipinski definition) is 1. The van der Waals surface area contributed by atoms with Crippen LogP contribution in [0, 0.1) is 13.8 Å². The van der Waals surface area contributed by atoms with E-state index in [0.717, 1.165) is 31.2 Å². The Morgan fingerprint density at radius 3 is 2.54 bits per heavy atom. The Balaban J connectivity index is 1.66. The van der Waals surface area contributed by atoms with Crippen molar-refractivity contribution in [2.45, 2.75) is 65.1 Å². The summed E-state index contributed by atoms with van der Waals surface area (Å²) in [5.41, 5.74) is 2.87. The molecule has 1 atom stereocenters. The van der Waals surface area contributed by atoms with Crippen LogP contribution in [0.15, 0.2) is 24.3 Å². The van der Waals surface area contributed by atoms with Crippen LogP contribution >= 0.6 is 11.6 Å². The minimum absolute atomic E-state index is 0.177. The molecule has 0 radical (unpaired) electrons. The normalized spacial score (nSPS) is 15.4. The lowest BCUT2D eigenvalue weighted by Crippen LogP contribution is -2.40. The van der Waals surface area contributed by atoms with E-state index in [0.29, 0.717) is 12.2 Å². The van der Waals surface area contributed by atoms with E-state index in [-0.39, 0.29) is 22.7 Å². The lowest BCUT2D eigenvalue weighted by Gasteiger charge is -2.17. The molecule has 1 fully saturated rings. The second kappa shape index (κ2) is 8.78. The standard InChI is InChI=1S/C21H26ClN3O3/c1-13-8-10-16(11-9-13)12-25-19(22)18(14(2)24-25)21(27)28-15(3)20(26)23-17-6-4-5-7-17/h8-11,15,17H,4-7,12H2,1-3H3,(H,23,26). The molecular weight excluding hydrogens is 378 g/mol. The van der Waals surface area contributed by atoms with E-state index in [2.05, 4.69) is 10.4 Å². The van der Waals surface area contributed by atoms with E-state index >= 15 is 0 Å². The SMILES string of the molecule is Cc1ccc(Cn2nc(C)c(C(=O)OC(C)C(=O)NC3CCCC3)c2Cl)cc1. The smallest absolute Gasteiger partial charge is 0.343 e. The summed E-state index contributed by atoms with van der Waals surface area (Å²) in [4.78, 5) is 24.9. The largest absolute Gasteiger partial charge is 0.449 e. The van der Waals surface area contributed by atoms with Gasteiger partial charge in [0.25, 0.3) is 5.91 Å². The van der Waals surface area contributed by atoms with Crippen molar-refractivity contribution < 1.29 is 14.3 Å². The van der Waals surface area contributed by atoms with Crippen molar-refractivity contribution in [3.8, 4) is 0 Å². The number of nitrogens with one attached hydrogen (secondary N) is 1. The van der Waals surface area contributed by atoms with Gasteiger partial charge in [-0.25, -0.2) is 9.48 Å². The van der Waals surface area contributed by atoms with Gasteiger partial charge in [-0.05, 0) is 39.2 Å². The number of esters is 1. The highest BCUT2D eigenvalue weighted by atomic mass is 35.5. The Bertz CT molecular complexity index is 855. The van der Waals surface area contributed by atoms with Crippen molar-refractivity contribution >= 4 is 23.5 Å². The molecule has 6 nitrogen and oxygen atoms in total. The van der Waals surface area contributed by atoms with Crippen molar-refractivity contribution in [3.05, 3.63) is 51.8 Å². The summed E-state index contributed by atoms with van der Waals surface area (Å²) in [7, 11) is 0. The van der Waals surface area contributed by atoms with Crippen LogP contribution in [0.25, 0.3) is 0 Å². The van der Waals surface area contributed by atoms with Gasteiger partial charge in [0, 0.05) is 6.04 Å². The Kier molecular flexibility index (Phi) is 6.39. The molecule has 1 amide bonds. The highest BCUT2D eigenvalue weighted by molar-refractivity contribution is 6.32. The molecular formula is C21H26ClN3O3. The Morgan fingerprint density at radius 1 is 1.25 bits per heavy atom. The Hall–Kier alpha value is -2.34. The molecule has 3 rings (SSSR count). The van der Waals surface area contributed by atoms with Crippen molar-refractivity contribution in [3.63, 3.8) is 0 Å². The molecule has 28 heavy (non-hydrogen) atoms. The van der Waals surface area contributed by atoms with E-state index in [9.17, 15) is 9.59 Å². The minimum Gasteiger partial charge on any atom is -0.449 e. The fourth-order valence-electron chi connectivity index (χ4n) is 3.42. The number of hydrogen-bond acceptors (Lipinski definition) is 4. The molecule has 2 aromatic rings. The third-order valence-electron chi connectivity index (χ3n) is 5.08. The summed E-state index contributed by atoms with van der Waals surface area (Å²) in [6.45, 7) is 5.75. The van der Waals surface area contributed by atoms with Gasteiger partial charge < -0.3 is 10.1 Å². The molecule has 1 aliphatic rings. The van der Waals surface area contributed by atoms with Gasteiger partial charge in [-0.1, -0.05) is 54.3 Å². The van der Waals surface area contributed by atoms with Gasteiger partial charge in [-0.3, -0.25) is 4.79 Å². The molecule has 0 saturated heterocycles. The number of aromatic nitrogens is 2. The predicted molar refractivity (Wildman–Crippen MR) is 108 cm³/mol. The molecule has 150 valence electrons. The molecule has 1 heterocycles. The quantitative estimate of drug-likeness (QED) is 0.744. The number of carbonyl (C=O) groups is 2. The fraction of sp³-hybridized carbons (Fsp3) is 0.476. The van der Waals surface area contributed by atoms with Crippen LogP contribution in [-0.4, -0.2) is 33.8 Å². The molecule has 1 saturated carbocycles. The third kappa shape index (κ3) is 4.73. The molecule has 1 N–H and O–H groups in total. The molecule has 1 aliphatic carbocycles. The second-order valence-corrected chi connectivity index (χ2v) is 7.79. The summed E-state index contributed by atoms with van der Waals surface area (Å²) in [5.74, 6) is -0.909. The van der Waals surface area contributed by atoms with Crippen molar-refractivity contribution in [2.75, 3.05) is 0 Å². The van der Waals surface area contributed by atoms with Crippen molar-refractivity contribution in [1.29, 1.82) is 0 Å². The number of nitrogens with zero attached hydrogens (tertiary/aromatic N) is 2. The van der Waals surface area contributed by atoms with Gasteiger partial charge in [-0.15, -0.1) is 0 Å². The summed E-state index contributed by atoms with van der Waals surface area (Å²) in [5, 5.41) is 7.52. The van der Waals surface area contributed by atoms with Crippen LogP contribution in [0.5, 0.6) is 0 Å². The van der Waals surface area contributed by atoms with Gasteiger partial charge in [0.1, 0.15) is 10.7 Å². The number of carbonyl (C=O) groups excluding carboxylic acids is 2. The summed E-state index contributed by atoms with van der Waals surface area (Å²) in [6.07, 6.45) is 3.30. The molecule has 0 aliphatic heterocycles. The lowest BCUT2D eigenvalue weighted by atomic mass is 10.1. The van der Waals surface area contributed by atoms with Crippen LogP contribution in [0.4, 0.5) is 0 Å². The maximum absolute atomic E-state index is 12.6. The first-order valence-corrected chi connectivity index (χ1v) is 10.0. The lowest BCUT2D eigenvalue weighted by molar-refractivity contribution is -0.129. The van der Waals surface area contributed by atoms with Crippen LogP contribution in [0.2, 0.25) is 5.15 Å². The summed E-state index contributed by atoms with van der Waals surface area (Å²) < 4.78 is 6.93. The maximum Gasteiger partial charge on any atom is 0.343 e. The van der Waals surface area contributed by atoms with Gasteiger partial charge in [0.2, 0.25) is 0 Å². The Labute approximate surface area is 170 Å². The Morgan fingerprint density at radius 2 is 1.89 bits per heavy atom. The number of halogens is 1.